The molecule has 0 aliphatic rings. The van der Waals surface area contributed by atoms with E-state index in [0.717, 1.165) is 0 Å². The van der Waals surface area contributed by atoms with Gasteiger partial charge < -0.3 is 0 Å². The normalized spacial score (nSPS) is 14.3. The number of allylic oxidation sites excluding steroid dienone is 3. The van der Waals surface area contributed by atoms with Crippen LogP contribution in [-0.4, -0.2) is 16.2 Å². The number of hydrogen-bond acceptors (Lipinski definition) is 3. The van der Waals surface area contributed by atoms with E-state index in [-0.39, 0.29) is 0 Å². The zero-order valence-corrected chi connectivity index (χ0v) is 7.27. The zero-order chi connectivity index (χ0) is 8.91. The topological polar surface area (TPSA) is 52.5 Å². The average molecular weight is 175 g/mol. The van der Waals surface area contributed by atoms with Crippen molar-refractivity contribution in [1.29, 1.82) is 0 Å². The van der Waals surface area contributed by atoms with Gasteiger partial charge in [0.2, 0.25) is 0 Å². The number of nitrogens with one attached hydrogen (secondary N) is 1. The molecular weight excluding hydrogens is 162 g/mol. The summed E-state index contributed by atoms with van der Waals surface area (Å²) in [7, 11) is -1.38. The van der Waals surface area contributed by atoms with Crippen LogP contribution in [0.25, 0.3) is 0 Å². The van der Waals surface area contributed by atoms with Crippen LogP contribution in [0.2, 0.25) is 0 Å². The van der Waals surface area contributed by atoms with E-state index in [4.69, 9.17) is 0 Å². The molecule has 11 heavy (non-hydrogen) atoms. The Morgan fingerprint density at radius 3 is 2.27 bits per heavy atom. The van der Waals surface area contributed by atoms with Gasteiger partial charge in [0.15, 0.2) is 0 Å². The van der Waals surface area contributed by atoms with Crippen LogP contribution in [0.5, 0.6) is 0 Å². The van der Waals surface area contributed by atoms with Crippen molar-refractivity contribution >= 4 is 10.8 Å². The molecule has 0 rings (SSSR count). The Morgan fingerprint density at radius 2 is 2.00 bits per heavy atom. The minimum absolute atomic E-state index is 0.343. The quantitative estimate of drug-likeness (QED) is 0.574. The molecule has 0 saturated heterocycles. The molecular formula is C7H13NO2S. The maximum absolute atomic E-state index is 9.25. The second-order valence-corrected chi connectivity index (χ2v) is 3.74. The van der Waals surface area contributed by atoms with E-state index in [9.17, 15) is 9.11 Å². The molecule has 0 heterocycles. The van der Waals surface area contributed by atoms with E-state index < -0.39 is 10.8 Å². The largest absolute Gasteiger partial charge is 0.282 e. The summed E-state index contributed by atoms with van der Waals surface area (Å²) in [5, 5.41) is 0. The standard InChI is InChI=1S/C7H13NO2S/c1-4-6-7(5-2)11(9,10)8-3/h4-6,8-10H,1-2H2,3H3/b7-6+. The highest BCUT2D eigenvalue weighted by Crippen LogP contribution is 2.42. The third-order valence-corrected chi connectivity index (χ3v) is 2.63. The summed E-state index contributed by atoms with van der Waals surface area (Å²) in [6.45, 7) is 6.87. The van der Waals surface area contributed by atoms with Gasteiger partial charge in [-0.05, 0) is 12.2 Å². The van der Waals surface area contributed by atoms with E-state index in [0.29, 0.717) is 4.91 Å². The highest BCUT2D eigenvalue weighted by molar-refractivity contribution is 8.26. The molecule has 4 heteroatoms. The highest BCUT2D eigenvalue weighted by atomic mass is 32.3. The Kier molecular flexibility index (Phi) is 4.14. The molecule has 0 aliphatic carbocycles. The van der Waals surface area contributed by atoms with Crippen LogP contribution in [0.15, 0.2) is 36.3 Å². The van der Waals surface area contributed by atoms with Gasteiger partial charge in [0.1, 0.15) is 0 Å². The van der Waals surface area contributed by atoms with Gasteiger partial charge in [-0.15, -0.1) is 10.8 Å². The molecule has 0 fully saturated rings. The minimum Gasteiger partial charge on any atom is -0.282 e. The lowest BCUT2D eigenvalue weighted by atomic mass is 10.5. The summed E-state index contributed by atoms with van der Waals surface area (Å²) in [4.78, 5) is 0.343. The molecule has 0 bridgehead atoms. The maximum atomic E-state index is 9.25. The van der Waals surface area contributed by atoms with Crippen molar-refractivity contribution < 1.29 is 9.11 Å². The van der Waals surface area contributed by atoms with Gasteiger partial charge in [-0.3, -0.25) is 9.11 Å². The smallest absolute Gasteiger partial charge is 0.0743 e. The lowest BCUT2D eigenvalue weighted by Gasteiger charge is -2.31. The number of hydrogen-bond donors (Lipinski definition) is 3. The van der Waals surface area contributed by atoms with Crippen molar-refractivity contribution in [2.75, 3.05) is 7.05 Å². The first kappa shape index (κ1) is 10.4. The average Bonchev–Trinajstić information content (AvgIpc) is 2.00. The summed E-state index contributed by atoms with van der Waals surface area (Å²) in [6, 6.07) is 0. The second kappa shape index (κ2) is 4.35. The first-order valence-electron chi connectivity index (χ1n) is 3.00. The minimum atomic E-state index is -2.85. The van der Waals surface area contributed by atoms with Gasteiger partial charge in [-0.2, -0.15) is 0 Å². The van der Waals surface area contributed by atoms with Gasteiger partial charge in [0.05, 0.1) is 4.91 Å². The summed E-state index contributed by atoms with van der Waals surface area (Å²) in [5.41, 5.74) is 0. The summed E-state index contributed by atoms with van der Waals surface area (Å²) in [6.07, 6.45) is 4.36. The second-order valence-electron chi connectivity index (χ2n) is 1.76. The lowest BCUT2D eigenvalue weighted by Crippen LogP contribution is -2.15. The predicted molar refractivity (Wildman–Crippen MR) is 50.4 cm³/mol. The van der Waals surface area contributed by atoms with Gasteiger partial charge in [-0.1, -0.05) is 19.2 Å². The van der Waals surface area contributed by atoms with Crippen LogP contribution in [-0.2, 0) is 0 Å². The molecule has 3 N–H and O–H groups in total. The molecule has 0 saturated carbocycles. The molecule has 0 spiro atoms. The number of rotatable bonds is 4. The predicted octanol–water partition coefficient (Wildman–Crippen LogP) is 2.13. The summed E-state index contributed by atoms with van der Waals surface area (Å²) >= 11 is 0. The molecule has 0 aromatic carbocycles. The molecule has 0 unspecified atom stereocenters. The van der Waals surface area contributed by atoms with E-state index in [1.165, 1.54) is 25.3 Å². The van der Waals surface area contributed by atoms with Crippen LogP contribution in [0.3, 0.4) is 0 Å². The SMILES string of the molecule is C=C/C=C(\C=C)S(O)(O)NC. The first-order valence-corrected chi connectivity index (χ1v) is 4.55. The Labute approximate surface area is 68.6 Å². The third-order valence-electron chi connectivity index (χ3n) is 1.10. The fourth-order valence-electron chi connectivity index (χ4n) is 0.513. The van der Waals surface area contributed by atoms with Crippen molar-refractivity contribution in [2.24, 2.45) is 0 Å². The molecule has 0 aliphatic heterocycles. The van der Waals surface area contributed by atoms with Crippen LogP contribution in [0, 0.1) is 0 Å². The van der Waals surface area contributed by atoms with Crippen molar-refractivity contribution in [3.8, 4) is 0 Å². The zero-order valence-electron chi connectivity index (χ0n) is 6.45. The summed E-state index contributed by atoms with van der Waals surface area (Å²) < 4.78 is 20.9. The molecule has 0 aromatic heterocycles. The molecule has 0 amide bonds. The van der Waals surface area contributed by atoms with Crippen LogP contribution in [0.4, 0.5) is 0 Å². The molecule has 0 aromatic rings. The Balaban J connectivity index is 4.62. The van der Waals surface area contributed by atoms with Crippen LogP contribution < -0.4 is 4.72 Å². The maximum Gasteiger partial charge on any atom is 0.0743 e. The highest BCUT2D eigenvalue weighted by Gasteiger charge is 2.11. The van der Waals surface area contributed by atoms with Gasteiger partial charge in [0.25, 0.3) is 0 Å². The van der Waals surface area contributed by atoms with Crippen LogP contribution >= 0.6 is 10.8 Å². The van der Waals surface area contributed by atoms with Crippen molar-refractivity contribution in [3.63, 3.8) is 0 Å². The molecule has 0 atom stereocenters. The van der Waals surface area contributed by atoms with Gasteiger partial charge in [-0.25, -0.2) is 4.72 Å². The third kappa shape index (κ3) is 2.90. The van der Waals surface area contributed by atoms with Crippen molar-refractivity contribution in [1.82, 2.24) is 4.72 Å². The Hall–Kier alpha value is -0.550. The van der Waals surface area contributed by atoms with Gasteiger partial charge >= 0.3 is 0 Å². The van der Waals surface area contributed by atoms with E-state index in [2.05, 4.69) is 17.9 Å². The first-order chi connectivity index (χ1) is 5.08. The molecule has 3 nitrogen and oxygen atoms in total. The van der Waals surface area contributed by atoms with Crippen molar-refractivity contribution in [3.05, 3.63) is 36.3 Å². The Morgan fingerprint density at radius 1 is 1.45 bits per heavy atom. The van der Waals surface area contributed by atoms with E-state index in [1.54, 1.807) is 0 Å². The monoisotopic (exact) mass is 175 g/mol. The van der Waals surface area contributed by atoms with E-state index in [1.807, 2.05) is 0 Å². The fourth-order valence-corrected chi connectivity index (χ4v) is 1.27. The summed E-state index contributed by atoms with van der Waals surface area (Å²) in [5.74, 6) is 0. The van der Waals surface area contributed by atoms with E-state index >= 15 is 0 Å². The molecule has 64 valence electrons. The van der Waals surface area contributed by atoms with Gasteiger partial charge in [0, 0.05) is 7.05 Å². The lowest BCUT2D eigenvalue weighted by molar-refractivity contribution is 0.486. The van der Waals surface area contributed by atoms with Crippen molar-refractivity contribution in [2.45, 2.75) is 0 Å². The Bertz CT molecular complexity index is 187. The van der Waals surface area contributed by atoms with Crippen LogP contribution in [0.1, 0.15) is 0 Å². The fraction of sp³-hybridized carbons (Fsp3) is 0.143. The molecule has 0 radical (unpaired) electrons.